The van der Waals surface area contributed by atoms with Gasteiger partial charge in [0, 0.05) is 19.5 Å². The van der Waals surface area contributed by atoms with Gasteiger partial charge in [0.2, 0.25) is 0 Å². The molecule has 1 aromatic carbocycles. The number of rotatable bonds is 4. The van der Waals surface area contributed by atoms with Gasteiger partial charge >= 0.3 is 0 Å². The minimum absolute atomic E-state index is 0.287. The van der Waals surface area contributed by atoms with Crippen LogP contribution in [0.3, 0.4) is 0 Å². The SMILES string of the molecule is COCC(N)c1ccc(-n2cccc2)c(F)c1. The summed E-state index contributed by atoms with van der Waals surface area (Å²) < 4.78 is 20.6. The number of halogens is 1. The summed E-state index contributed by atoms with van der Waals surface area (Å²) in [6.45, 7) is 0.377. The molecule has 0 fully saturated rings. The largest absolute Gasteiger partial charge is 0.383 e. The van der Waals surface area contributed by atoms with Gasteiger partial charge in [-0.2, -0.15) is 0 Å². The summed E-state index contributed by atoms with van der Waals surface area (Å²) in [6.07, 6.45) is 3.60. The molecule has 0 aliphatic heterocycles. The lowest BCUT2D eigenvalue weighted by Gasteiger charge is -2.12. The number of nitrogens with two attached hydrogens (primary N) is 1. The molecule has 0 aliphatic carbocycles. The Morgan fingerprint density at radius 1 is 1.35 bits per heavy atom. The summed E-state index contributed by atoms with van der Waals surface area (Å²) in [5.41, 5.74) is 7.10. The molecule has 4 heteroatoms. The molecule has 0 bridgehead atoms. The molecule has 1 aromatic heterocycles. The lowest BCUT2D eigenvalue weighted by molar-refractivity contribution is 0.181. The number of aromatic nitrogens is 1. The highest BCUT2D eigenvalue weighted by atomic mass is 19.1. The molecular weight excluding hydrogens is 219 g/mol. The van der Waals surface area contributed by atoms with Crippen LogP contribution in [0.25, 0.3) is 5.69 Å². The lowest BCUT2D eigenvalue weighted by atomic mass is 10.1. The van der Waals surface area contributed by atoms with Crippen LogP contribution in [0.2, 0.25) is 0 Å². The lowest BCUT2D eigenvalue weighted by Crippen LogP contribution is -2.16. The standard InChI is InChI=1S/C13H15FN2O/c1-17-9-12(15)10-4-5-13(11(14)8-10)16-6-2-3-7-16/h2-8,12H,9,15H2,1H3. The van der Waals surface area contributed by atoms with Crippen molar-refractivity contribution in [2.24, 2.45) is 5.73 Å². The first-order valence-corrected chi connectivity index (χ1v) is 5.39. The van der Waals surface area contributed by atoms with Crippen LogP contribution in [-0.4, -0.2) is 18.3 Å². The van der Waals surface area contributed by atoms with E-state index in [-0.39, 0.29) is 11.9 Å². The van der Waals surface area contributed by atoms with E-state index in [1.165, 1.54) is 6.07 Å². The van der Waals surface area contributed by atoms with E-state index < -0.39 is 0 Å². The molecule has 1 heterocycles. The van der Waals surface area contributed by atoms with E-state index >= 15 is 0 Å². The van der Waals surface area contributed by atoms with E-state index in [1.54, 1.807) is 30.1 Å². The zero-order valence-corrected chi connectivity index (χ0v) is 9.64. The highest BCUT2D eigenvalue weighted by molar-refractivity contribution is 5.38. The molecule has 1 unspecified atom stereocenters. The number of hydrogen-bond donors (Lipinski definition) is 1. The van der Waals surface area contributed by atoms with Crippen LogP contribution in [0.15, 0.2) is 42.7 Å². The third-order valence-electron chi connectivity index (χ3n) is 2.63. The van der Waals surface area contributed by atoms with Gasteiger partial charge in [-0.05, 0) is 29.8 Å². The summed E-state index contributed by atoms with van der Waals surface area (Å²) in [4.78, 5) is 0. The first-order valence-electron chi connectivity index (χ1n) is 5.39. The summed E-state index contributed by atoms with van der Waals surface area (Å²) in [5.74, 6) is -0.287. The third-order valence-corrected chi connectivity index (χ3v) is 2.63. The van der Waals surface area contributed by atoms with E-state index in [4.69, 9.17) is 10.5 Å². The van der Waals surface area contributed by atoms with Crippen molar-refractivity contribution < 1.29 is 9.13 Å². The van der Waals surface area contributed by atoms with Gasteiger partial charge in [0.05, 0.1) is 18.3 Å². The Kier molecular flexibility index (Phi) is 3.56. The molecule has 0 radical (unpaired) electrons. The maximum Gasteiger partial charge on any atom is 0.147 e. The van der Waals surface area contributed by atoms with E-state index in [0.29, 0.717) is 12.3 Å². The second-order valence-corrected chi connectivity index (χ2v) is 3.86. The van der Waals surface area contributed by atoms with Crippen molar-refractivity contribution in [2.45, 2.75) is 6.04 Å². The second kappa shape index (κ2) is 5.12. The molecule has 0 amide bonds. The number of methoxy groups -OCH3 is 1. The van der Waals surface area contributed by atoms with E-state index in [2.05, 4.69) is 0 Å². The Morgan fingerprint density at radius 2 is 2.06 bits per heavy atom. The van der Waals surface area contributed by atoms with Gasteiger partial charge < -0.3 is 15.0 Å². The van der Waals surface area contributed by atoms with Gasteiger partial charge in [0.25, 0.3) is 0 Å². The number of benzene rings is 1. The van der Waals surface area contributed by atoms with Gasteiger partial charge in [-0.15, -0.1) is 0 Å². The third kappa shape index (κ3) is 2.54. The Morgan fingerprint density at radius 3 is 2.65 bits per heavy atom. The minimum atomic E-state index is -0.298. The smallest absolute Gasteiger partial charge is 0.147 e. The van der Waals surface area contributed by atoms with E-state index in [9.17, 15) is 4.39 Å². The molecular formula is C13H15FN2O. The van der Waals surface area contributed by atoms with Gasteiger partial charge in [-0.3, -0.25) is 0 Å². The van der Waals surface area contributed by atoms with Crippen molar-refractivity contribution in [3.05, 3.63) is 54.1 Å². The summed E-state index contributed by atoms with van der Waals surface area (Å²) in [7, 11) is 1.57. The number of nitrogens with zero attached hydrogens (tertiary/aromatic N) is 1. The second-order valence-electron chi connectivity index (χ2n) is 3.86. The van der Waals surface area contributed by atoms with Crippen molar-refractivity contribution in [3.63, 3.8) is 0 Å². The van der Waals surface area contributed by atoms with Gasteiger partial charge in [-0.25, -0.2) is 4.39 Å². The van der Waals surface area contributed by atoms with Crippen LogP contribution in [0.4, 0.5) is 4.39 Å². The van der Waals surface area contributed by atoms with E-state index in [0.717, 1.165) is 5.56 Å². The van der Waals surface area contributed by atoms with Crippen LogP contribution in [-0.2, 0) is 4.74 Å². The maximum absolute atomic E-state index is 13.9. The predicted octanol–water partition coefficient (Wildman–Crippen LogP) is 2.26. The molecule has 0 spiro atoms. The fourth-order valence-corrected chi connectivity index (χ4v) is 1.73. The van der Waals surface area contributed by atoms with E-state index in [1.807, 2.05) is 18.2 Å². The van der Waals surface area contributed by atoms with Gasteiger partial charge in [0.1, 0.15) is 5.82 Å². The highest BCUT2D eigenvalue weighted by Crippen LogP contribution is 2.18. The first kappa shape index (κ1) is 11.8. The molecule has 90 valence electrons. The molecule has 2 aromatic rings. The average Bonchev–Trinajstić information content (AvgIpc) is 2.82. The highest BCUT2D eigenvalue weighted by Gasteiger charge is 2.10. The number of hydrogen-bond acceptors (Lipinski definition) is 2. The Hall–Kier alpha value is -1.65. The van der Waals surface area contributed by atoms with Crippen LogP contribution >= 0.6 is 0 Å². The fraction of sp³-hybridized carbons (Fsp3) is 0.231. The van der Waals surface area contributed by atoms with Crippen LogP contribution in [0, 0.1) is 5.82 Å². The average molecular weight is 234 g/mol. The monoisotopic (exact) mass is 234 g/mol. The summed E-state index contributed by atoms with van der Waals surface area (Å²) >= 11 is 0. The van der Waals surface area contributed by atoms with Crippen molar-refractivity contribution >= 4 is 0 Å². The summed E-state index contributed by atoms with van der Waals surface area (Å²) in [5, 5.41) is 0. The molecule has 17 heavy (non-hydrogen) atoms. The van der Waals surface area contributed by atoms with Crippen molar-refractivity contribution in [1.82, 2.24) is 4.57 Å². The molecule has 1 atom stereocenters. The Balaban J connectivity index is 2.29. The zero-order valence-electron chi connectivity index (χ0n) is 9.64. The molecule has 2 N–H and O–H groups in total. The minimum Gasteiger partial charge on any atom is -0.383 e. The Labute approximate surface area is 99.6 Å². The molecule has 0 saturated carbocycles. The number of ether oxygens (including phenoxy) is 1. The van der Waals surface area contributed by atoms with Crippen molar-refractivity contribution in [2.75, 3.05) is 13.7 Å². The predicted molar refractivity (Wildman–Crippen MR) is 64.5 cm³/mol. The van der Waals surface area contributed by atoms with Crippen LogP contribution < -0.4 is 5.73 Å². The quantitative estimate of drug-likeness (QED) is 0.881. The van der Waals surface area contributed by atoms with Gasteiger partial charge in [-0.1, -0.05) is 6.07 Å². The molecule has 2 rings (SSSR count). The topological polar surface area (TPSA) is 40.2 Å². The zero-order chi connectivity index (χ0) is 12.3. The van der Waals surface area contributed by atoms with Crippen molar-refractivity contribution in [1.29, 1.82) is 0 Å². The first-order chi connectivity index (χ1) is 8.22. The fourth-order valence-electron chi connectivity index (χ4n) is 1.73. The van der Waals surface area contributed by atoms with Gasteiger partial charge in [0.15, 0.2) is 0 Å². The normalized spacial score (nSPS) is 12.6. The Bertz CT molecular complexity index is 482. The maximum atomic E-state index is 13.9. The molecule has 3 nitrogen and oxygen atoms in total. The molecule has 0 saturated heterocycles. The van der Waals surface area contributed by atoms with Crippen LogP contribution in [0.1, 0.15) is 11.6 Å². The summed E-state index contributed by atoms with van der Waals surface area (Å²) in [6, 6.07) is 8.41. The van der Waals surface area contributed by atoms with Crippen LogP contribution in [0.5, 0.6) is 0 Å². The van der Waals surface area contributed by atoms with Crippen molar-refractivity contribution in [3.8, 4) is 5.69 Å². The molecule has 0 aliphatic rings.